The van der Waals surface area contributed by atoms with Crippen LogP contribution in [0.4, 0.5) is 0 Å². The van der Waals surface area contributed by atoms with Gasteiger partial charge in [-0.2, -0.15) is 11.8 Å². The van der Waals surface area contributed by atoms with E-state index in [-0.39, 0.29) is 11.3 Å². The molecule has 0 spiro atoms. The minimum absolute atomic E-state index is 0.0426. The predicted molar refractivity (Wildman–Crippen MR) is 75.0 cm³/mol. The summed E-state index contributed by atoms with van der Waals surface area (Å²) < 4.78 is 26.9. The third kappa shape index (κ3) is 5.59. The minimum atomic E-state index is -3.14. The van der Waals surface area contributed by atoms with Gasteiger partial charge in [-0.1, -0.05) is 6.92 Å². The average molecular weight is 280 g/mol. The van der Waals surface area contributed by atoms with Crippen molar-refractivity contribution in [3.05, 3.63) is 0 Å². The first kappa shape index (κ1) is 15.3. The average Bonchev–Trinajstić information content (AvgIpc) is 2.30. The molecule has 102 valence electrons. The van der Waals surface area contributed by atoms with Crippen LogP contribution in [0.1, 0.15) is 33.1 Å². The largest absolute Gasteiger partial charge is 0.315 e. The van der Waals surface area contributed by atoms with Crippen molar-refractivity contribution >= 4 is 21.8 Å². The van der Waals surface area contributed by atoms with E-state index in [0.29, 0.717) is 6.54 Å². The first-order valence-electron chi connectivity index (χ1n) is 6.36. The quantitative estimate of drug-likeness (QED) is 0.688. The summed E-state index contributed by atoms with van der Waals surface area (Å²) >= 11 is 1.85. The van der Waals surface area contributed by atoms with Crippen molar-refractivity contribution in [2.75, 3.05) is 24.6 Å². The maximum absolute atomic E-state index is 12.1. The van der Waals surface area contributed by atoms with Crippen molar-refractivity contribution in [3.8, 4) is 0 Å². The fraction of sp³-hybridized carbons (Fsp3) is 1.00. The van der Waals surface area contributed by atoms with Gasteiger partial charge < -0.3 is 5.32 Å². The third-order valence-electron chi connectivity index (χ3n) is 2.96. The van der Waals surface area contributed by atoms with Gasteiger partial charge in [0.15, 0.2) is 0 Å². The molecule has 0 saturated carbocycles. The molecule has 0 radical (unpaired) electrons. The Morgan fingerprint density at radius 3 is 2.88 bits per heavy atom. The van der Waals surface area contributed by atoms with Crippen LogP contribution >= 0.6 is 11.8 Å². The second kappa shape index (κ2) is 7.61. The van der Waals surface area contributed by atoms with Crippen LogP contribution in [0.2, 0.25) is 0 Å². The van der Waals surface area contributed by atoms with Gasteiger partial charge in [0.25, 0.3) is 0 Å². The number of sulfonamides is 1. The highest BCUT2D eigenvalue weighted by atomic mass is 32.2. The van der Waals surface area contributed by atoms with Crippen molar-refractivity contribution in [1.82, 2.24) is 10.0 Å². The van der Waals surface area contributed by atoms with E-state index in [9.17, 15) is 8.42 Å². The van der Waals surface area contributed by atoms with E-state index in [0.717, 1.165) is 37.3 Å². The van der Waals surface area contributed by atoms with Crippen LogP contribution in [0.5, 0.6) is 0 Å². The number of nitrogens with one attached hydrogen (secondary N) is 2. The first-order valence-corrected chi connectivity index (χ1v) is 9.06. The molecule has 1 aliphatic rings. The molecular formula is C11H24N2O2S2. The summed E-state index contributed by atoms with van der Waals surface area (Å²) in [7, 11) is -3.14. The molecule has 6 heteroatoms. The fourth-order valence-corrected chi connectivity index (χ4v) is 4.42. The Bertz CT molecular complexity index is 301. The molecule has 2 atom stereocenters. The maximum atomic E-state index is 12.1. The maximum Gasteiger partial charge on any atom is 0.215 e. The highest BCUT2D eigenvalue weighted by molar-refractivity contribution is 7.99. The van der Waals surface area contributed by atoms with Crippen molar-refractivity contribution in [3.63, 3.8) is 0 Å². The molecule has 2 unspecified atom stereocenters. The van der Waals surface area contributed by atoms with Gasteiger partial charge >= 0.3 is 0 Å². The lowest BCUT2D eigenvalue weighted by molar-refractivity contribution is 0.482. The second-order valence-corrected chi connectivity index (χ2v) is 7.90. The van der Waals surface area contributed by atoms with Crippen molar-refractivity contribution < 1.29 is 8.42 Å². The molecule has 0 aromatic carbocycles. The Hall–Kier alpha value is 0.220. The Kier molecular flexibility index (Phi) is 6.84. The summed E-state index contributed by atoms with van der Waals surface area (Å²) in [4.78, 5) is 0. The van der Waals surface area contributed by atoms with E-state index in [1.165, 1.54) is 0 Å². The Labute approximate surface area is 109 Å². The zero-order chi connectivity index (χ0) is 12.7. The molecule has 1 saturated heterocycles. The molecule has 1 aliphatic heterocycles. The van der Waals surface area contributed by atoms with Gasteiger partial charge in [0.1, 0.15) is 0 Å². The number of thioether (sulfide) groups is 1. The highest BCUT2D eigenvalue weighted by Crippen LogP contribution is 2.12. The molecule has 0 amide bonds. The molecule has 1 heterocycles. The Morgan fingerprint density at radius 2 is 2.29 bits per heavy atom. The van der Waals surface area contributed by atoms with Gasteiger partial charge in [-0.3, -0.25) is 0 Å². The van der Waals surface area contributed by atoms with Gasteiger partial charge in [0.2, 0.25) is 10.0 Å². The second-order valence-electron chi connectivity index (χ2n) is 4.52. The van der Waals surface area contributed by atoms with Gasteiger partial charge in [-0.05, 0) is 44.2 Å². The van der Waals surface area contributed by atoms with Crippen LogP contribution in [0.25, 0.3) is 0 Å². The zero-order valence-electron chi connectivity index (χ0n) is 10.7. The summed E-state index contributed by atoms with van der Waals surface area (Å²) in [6, 6.07) is 0.0426. The Morgan fingerprint density at radius 1 is 1.53 bits per heavy atom. The molecule has 0 bridgehead atoms. The molecule has 4 nitrogen and oxygen atoms in total. The van der Waals surface area contributed by atoms with Crippen molar-refractivity contribution in [2.45, 2.75) is 44.4 Å². The van der Waals surface area contributed by atoms with Gasteiger partial charge in [-0.15, -0.1) is 0 Å². The lowest BCUT2D eigenvalue weighted by Crippen LogP contribution is -2.46. The third-order valence-corrected chi connectivity index (χ3v) is 5.90. The molecular weight excluding hydrogens is 256 g/mol. The molecule has 2 N–H and O–H groups in total. The summed E-state index contributed by atoms with van der Waals surface area (Å²) in [5, 5.41) is 2.89. The highest BCUT2D eigenvalue weighted by Gasteiger charge is 2.27. The van der Waals surface area contributed by atoms with Crippen molar-refractivity contribution in [2.24, 2.45) is 0 Å². The zero-order valence-corrected chi connectivity index (χ0v) is 12.4. The van der Waals surface area contributed by atoms with Gasteiger partial charge in [0.05, 0.1) is 5.25 Å². The lowest BCUT2D eigenvalue weighted by Gasteiger charge is -2.25. The van der Waals surface area contributed by atoms with Gasteiger partial charge in [-0.25, -0.2) is 13.1 Å². The first-order chi connectivity index (χ1) is 8.06. The number of piperidine rings is 1. The van der Waals surface area contributed by atoms with Crippen LogP contribution in [0, 0.1) is 0 Å². The Balaban J connectivity index is 2.36. The SMILES string of the molecule is CCSCCC(C)NS(=O)(=O)C1CCCNC1. The number of rotatable bonds is 7. The van der Waals surface area contributed by atoms with Crippen LogP contribution in [0.3, 0.4) is 0 Å². The molecule has 1 rings (SSSR count). The fourth-order valence-electron chi connectivity index (χ4n) is 1.92. The van der Waals surface area contributed by atoms with E-state index < -0.39 is 10.0 Å². The normalized spacial score (nSPS) is 23.5. The van der Waals surface area contributed by atoms with E-state index >= 15 is 0 Å². The standard InChI is InChI=1S/C11H24N2O2S2/c1-3-16-8-6-10(2)13-17(14,15)11-5-4-7-12-9-11/h10-13H,3-9H2,1-2H3. The van der Waals surface area contributed by atoms with Crippen LogP contribution < -0.4 is 10.0 Å². The summed E-state index contributed by atoms with van der Waals surface area (Å²) in [5.41, 5.74) is 0. The minimum Gasteiger partial charge on any atom is -0.315 e. The molecule has 0 aromatic rings. The van der Waals surface area contributed by atoms with E-state index in [2.05, 4.69) is 17.0 Å². The summed E-state index contributed by atoms with van der Waals surface area (Å²) in [6.45, 7) is 5.59. The number of hydrogen-bond donors (Lipinski definition) is 2. The summed E-state index contributed by atoms with van der Waals surface area (Å²) in [6.07, 6.45) is 2.63. The lowest BCUT2D eigenvalue weighted by atomic mass is 10.2. The van der Waals surface area contributed by atoms with E-state index in [4.69, 9.17) is 0 Å². The molecule has 17 heavy (non-hydrogen) atoms. The smallest absolute Gasteiger partial charge is 0.215 e. The number of hydrogen-bond acceptors (Lipinski definition) is 4. The van der Waals surface area contributed by atoms with E-state index in [1.54, 1.807) is 0 Å². The van der Waals surface area contributed by atoms with Crippen LogP contribution in [-0.2, 0) is 10.0 Å². The predicted octanol–water partition coefficient (Wildman–Crippen LogP) is 1.19. The molecule has 0 aromatic heterocycles. The monoisotopic (exact) mass is 280 g/mol. The van der Waals surface area contributed by atoms with E-state index in [1.807, 2.05) is 18.7 Å². The van der Waals surface area contributed by atoms with Crippen LogP contribution in [-0.4, -0.2) is 44.3 Å². The van der Waals surface area contributed by atoms with Gasteiger partial charge in [0, 0.05) is 12.6 Å². The molecule has 0 aliphatic carbocycles. The molecule has 1 fully saturated rings. The van der Waals surface area contributed by atoms with Crippen molar-refractivity contribution in [1.29, 1.82) is 0 Å². The topological polar surface area (TPSA) is 58.2 Å². The summed E-state index contributed by atoms with van der Waals surface area (Å²) in [5.74, 6) is 2.11. The van der Waals surface area contributed by atoms with Crippen LogP contribution in [0.15, 0.2) is 0 Å².